The molecule has 1 aromatic carbocycles. The van der Waals surface area contributed by atoms with Gasteiger partial charge in [0.1, 0.15) is 5.82 Å². The molecule has 0 saturated heterocycles. The summed E-state index contributed by atoms with van der Waals surface area (Å²) in [4.78, 5) is 3.97. The Hall–Kier alpha value is -0.960. The van der Waals surface area contributed by atoms with Gasteiger partial charge in [-0.15, -0.1) is 0 Å². The number of benzene rings is 1. The molecule has 2 N–H and O–H groups in total. The van der Waals surface area contributed by atoms with Crippen molar-refractivity contribution in [3.05, 3.63) is 45.5 Å². The van der Waals surface area contributed by atoms with Crippen LogP contribution in [-0.2, 0) is 0 Å². The average molecular weight is 274 g/mol. The molecule has 0 saturated carbocycles. The van der Waals surface area contributed by atoms with Gasteiger partial charge in [-0.2, -0.15) is 0 Å². The van der Waals surface area contributed by atoms with Crippen LogP contribution in [0.1, 0.15) is 0 Å². The minimum absolute atomic E-state index is 0.347. The fraction of sp³-hybridized carbons (Fsp3) is 0. The molecule has 16 heavy (non-hydrogen) atoms. The van der Waals surface area contributed by atoms with E-state index in [0.29, 0.717) is 32.0 Å². The average Bonchev–Trinajstić information content (AvgIpc) is 2.23. The monoisotopic (exact) mass is 272 g/mol. The summed E-state index contributed by atoms with van der Waals surface area (Å²) in [6.07, 6.45) is 1.48. The summed E-state index contributed by atoms with van der Waals surface area (Å²) >= 11 is 18.0. The molecule has 0 aliphatic rings. The number of nitrogens with two attached hydrogens (primary N) is 1. The standard InChI is InChI=1S/C11H7Cl3N2/c12-6-4-7(11(15)16-5-6)10-8(13)2-1-3-9(10)14/h1-5H,(H2,15,16). The summed E-state index contributed by atoms with van der Waals surface area (Å²) in [5.74, 6) is 0.347. The fourth-order valence-corrected chi connectivity index (χ4v) is 2.16. The molecule has 2 rings (SSSR count). The Kier molecular flexibility index (Phi) is 3.24. The van der Waals surface area contributed by atoms with E-state index in [4.69, 9.17) is 40.5 Å². The zero-order valence-electron chi connectivity index (χ0n) is 8.05. The number of pyridine rings is 1. The zero-order valence-corrected chi connectivity index (χ0v) is 10.3. The van der Waals surface area contributed by atoms with Gasteiger partial charge < -0.3 is 5.73 Å². The lowest BCUT2D eigenvalue weighted by Gasteiger charge is -2.09. The van der Waals surface area contributed by atoms with Crippen LogP contribution >= 0.6 is 34.8 Å². The van der Waals surface area contributed by atoms with Gasteiger partial charge in [0, 0.05) is 17.3 Å². The third-order valence-corrected chi connectivity index (χ3v) is 2.95. The molecule has 0 bridgehead atoms. The first-order chi connectivity index (χ1) is 7.59. The maximum absolute atomic E-state index is 6.08. The van der Waals surface area contributed by atoms with E-state index in [0.717, 1.165) is 0 Å². The van der Waals surface area contributed by atoms with Gasteiger partial charge in [0.05, 0.1) is 15.1 Å². The van der Waals surface area contributed by atoms with Crippen LogP contribution < -0.4 is 5.73 Å². The molecule has 0 unspecified atom stereocenters. The molecule has 0 amide bonds. The fourth-order valence-electron chi connectivity index (χ4n) is 1.41. The first-order valence-electron chi connectivity index (χ1n) is 4.45. The first kappa shape index (κ1) is 11.5. The highest BCUT2D eigenvalue weighted by Gasteiger charge is 2.12. The molecule has 5 heteroatoms. The van der Waals surface area contributed by atoms with Gasteiger partial charge in [-0.3, -0.25) is 0 Å². The summed E-state index contributed by atoms with van der Waals surface area (Å²) in [7, 11) is 0. The van der Waals surface area contributed by atoms with Crippen molar-refractivity contribution in [1.29, 1.82) is 0 Å². The third-order valence-electron chi connectivity index (χ3n) is 2.12. The third kappa shape index (κ3) is 2.09. The molecule has 82 valence electrons. The summed E-state index contributed by atoms with van der Waals surface area (Å²) in [5, 5.41) is 1.52. The molecular formula is C11H7Cl3N2. The molecular weight excluding hydrogens is 266 g/mol. The van der Waals surface area contributed by atoms with Crippen molar-refractivity contribution < 1.29 is 0 Å². The van der Waals surface area contributed by atoms with Crippen molar-refractivity contribution in [3.63, 3.8) is 0 Å². The lowest BCUT2D eigenvalue weighted by molar-refractivity contribution is 1.34. The summed E-state index contributed by atoms with van der Waals surface area (Å²) in [6, 6.07) is 6.94. The Morgan fingerprint density at radius 1 is 1.06 bits per heavy atom. The van der Waals surface area contributed by atoms with Gasteiger partial charge in [0.2, 0.25) is 0 Å². The van der Waals surface area contributed by atoms with Crippen LogP contribution in [0.3, 0.4) is 0 Å². The van der Waals surface area contributed by atoms with Crippen LogP contribution in [0, 0.1) is 0 Å². The van der Waals surface area contributed by atoms with Gasteiger partial charge in [-0.1, -0.05) is 40.9 Å². The van der Waals surface area contributed by atoms with E-state index in [2.05, 4.69) is 4.98 Å². The van der Waals surface area contributed by atoms with Crippen molar-refractivity contribution in [2.75, 3.05) is 5.73 Å². The van der Waals surface area contributed by atoms with Crippen LogP contribution in [0.4, 0.5) is 5.82 Å². The number of hydrogen-bond donors (Lipinski definition) is 1. The maximum atomic E-state index is 6.08. The largest absolute Gasteiger partial charge is 0.383 e. The normalized spacial score (nSPS) is 10.4. The quantitative estimate of drug-likeness (QED) is 0.842. The minimum atomic E-state index is 0.347. The maximum Gasteiger partial charge on any atom is 0.131 e. The highest BCUT2D eigenvalue weighted by molar-refractivity contribution is 6.39. The molecule has 0 aliphatic carbocycles. The summed E-state index contributed by atoms with van der Waals surface area (Å²) in [5.41, 5.74) is 7.07. The van der Waals surface area contributed by atoms with Gasteiger partial charge in [-0.25, -0.2) is 4.98 Å². The zero-order chi connectivity index (χ0) is 11.7. The molecule has 0 aliphatic heterocycles. The number of rotatable bonds is 1. The highest BCUT2D eigenvalue weighted by atomic mass is 35.5. The van der Waals surface area contributed by atoms with E-state index in [-0.39, 0.29) is 0 Å². The second-order valence-corrected chi connectivity index (χ2v) is 4.43. The van der Waals surface area contributed by atoms with Crippen LogP contribution in [0.15, 0.2) is 30.5 Å². The minimum Gasteiger partial charge on any atom is -0.383 e. The van der Waals surface area contributed by atoms with Crippen molar-refractivity contribution in [2.45, 2.75) is 0 Å². The Labute approximate surface area is 108 Å². The van der Waals surface area contributed by atoms with E-state index in [1.807, 2.05) is 0 Å². The number of halogens is 3. The molecule has 1 heterocycles. The Bertz CT molecular complexity index is 520. The van der Waals surface area contributed by atoms with Crippen molar-refractivity contribution in [3.8, 4) is 11.1 Å². The predicted octanol–water partition coefficient (Wildman–Crippen LogP) is 4.29. The second-order valence-electron chi connectivity index (χ2n) is 3.18. The van der Waals surface area contributed by atoms with Crippen LogP contribution in [0.25, 0.3) is 11.1 Å². The van der Waals surface area contributed by atoms with Gasteiger partial charge >= 0.3 is 0 Å². The number of aromatic nitrogens is 1. The molecule has 0 radical (unpaired) electrons. The van der Waals surface area contributed by atoms with Crippen LogP contribution in [0.2, 0.25) is 15.1 Å². The Morgan fingerprint density at radius 2 is 1.69 bits per heavy atom. The van der Waals surface area contributed by atoms with Gasteiger partial charge in [0.15, 0.2) is 0 Å². The smallest absolute Gasteiger partial charge is 0.131 e. The van der Waals surface area contributed by atoms with E-state index in [9.17, 15) is 0 Å². The van der Waals surface area contributed by atoms with Gasteiger partial charge in [0.25, 0.3) is 0 Å². The Balaban J connectivity index is 2.72. The number of anilines is 1. The van der Waals surface area contributed by atoms with Crippen molar-refractivity contribution in [1.82, 2.24) is 4.98 Å². The molecule has 2 nitrogen and oxygen atoms in total. The van der Waals surface area contributed by atoms with E-state index < -0.39 is 0 Å². The molecule has 0 spiro atoms. The predicted molar refractivity (Wildman–Crippen MR) is 69.1 cm³/mol. The number of nitrogen functional groups attached to an aromatic ring is 1. The summed E-state index contributed by atoms with van der Waals surface area (Å²) < 4.78 is 0. The Morgan fingerprint density at radius 3 is 2.31 bits per heavy atom. The van der Waals surface area contributed by atoms with E-state index in [1.165, 1.54) is 6.20 Å². The van der Waals surface area contributed by atoms with E-state index >= 15 is 0 Å². The highest BCUT2D eigenvalue weighted by Crippen LogP contribution is 2.37. The molecule has 1 aromatic heterocycles. The first-order valence-corrected chi connectivity index (χ1v) is 5.58. The molecule has 2 aromatic rings. The van der Waals surface area contributed by atoms with Crippen molar-refractivity contribution in [2.24, 2.45) is 0 Å². The van der Waals surface area contributed by atoms with Crippen molar-refractivity contribution >= 4 is 40.6 Å². The SMILES string of the molecule is Nc1ncc(Cl)cc1-c1c(Cl)cccc1Cl. The second kappa shape index (κ2) is 4.50. The van der Waals surface area contributed by atoms with E-state index in [1.54, 1.807) is 24.3 Å². The van der Waals surface area contributed by atoms with Crippen LogP contribution in [0.5, 0.6) is 0 Å². The number of nitrogens with zero attached hydrogens (tertiary/aromatic N) is 1. The lowest BCUT2D eigenvalue weighted by Crippen LogP contribution is -1.94. The lowest BCUT2D eigenvalue weighted by atomic mass is 10.1. The van der Waals surface area contributed by atoms with Crippen LogP contribution in [-0.4, -0.2) is 4.98 Å². The number of hydrogen-bond acceptors (Lipinski definition) is 2. The van der Waals surface area contributed by atoms with Gasteiger partial charge in [-0.05, 0) is 18.2 Å². The molecule has 0 fully saturated rings. The summed E-state index contributed by atoms with van der Waals surface area (Å²) in [6.45, 7) is 0. The molecule has 0 atom stereocenters. The topological polar surface area (TPSA) is 38.9 Å².